The minimum absolute atomic E-state index is 0.0119. The first-order valence-corrected chi connectivity index (χ1v) is 13.4. The van der Waals surface area contributed by atoms with E-state index >= 15 is 0 Å². The number of carbonyl (C=O) groups excluding carboxylic acids is 2. The van der Waals surface area contributed by atoms with Gasteiger partial charge in [-0.2, -0.15) is 0 Å². The monoisotopic (exact) mass is 632 g/mol. The second-order valence-corrected chi connectivity index (χ2v) is 11.7. The van der Waals surface area contributed by atoms with Gasteiger partial charge in [0.15, 0.2) is 0 Å². The van der Waals surface area contributed by atoms with E-state index in [0.717, 1.165) is 5.56 Å². The molecular formula is C27H28Cl4N2O7. The van der Waals surface area contributed by atoms with E-state index in [1.165, 1.54) is 31.4 Å². The van der Waals surface area contributed by atoms with E-state index < -0.39 is 39.3 Å². The number of carbonyl (C=O) groups is 2. The fourth-order valence-corrected chi connectivity index (χ4v) is 3.81. The van der Waals surface area contributed by atoms with Crippen LogP contribution in [0.3, 0.4) is 0 Å². The van der Waals surface area contributed by atoms with Crippen molar-refractivity contribution in [2.75, 3.05) is 13.7 Å². The molecule has 0 unspecified atom stereocenters. The molecule has 13 heteroatoms. The van der Waals surface area contributed by atoms with Crippen LogP contribution in [0.1, 0.15) is 24.5 Å². The first-order chi connectivity index (χ1) is 18.8. The Bertz CT molecular complexity index is 1230. The highest BCUT2D eigenvalue weighted by atomic mass is 35.6. The van der Waals surface area contributed by atoms with Crippen molar-refractivity contribution in [1.29, 1.82) is 0 Å². The third-order valence-electron chi connectivity index (χ3n) is 5.58. The Morgan fingerprint density at radius 1 is 1.18 bits per heavy atom. The van der Waals surface area contributed by atoms with E-state index in [2.05, 4.69) is 5.32 Å². The summed E-state index contributed by atoms with van der Waals surface area (Å²) < 4.78 is 8.36. The number of methoxy groups -OCH3 is 1. The van der Waals surface area contributed by atoms with Gasteiger partial charge in [-0.15, -0.1) is 0 Å². The summed E-state index contributed by atoms with van der Waals surface area (Å²) in [5.41, 5.74) is 1.35. The average molecular weight is 634 g/mol. The molecule has 0 spiro atoms. The number of non-ortho nitro benzene ring substituents is 1. The lowest BCUT2D eigenvalue weighted by atomic mass is 10.00. The van der Waals surface area contributed by atoms with Crippen molar-refractivity contribution in [3.8, 4) is 5.75 Å². The molecular weight excluding hydrogens is 606 g/mol. The van der Waals surface area contributed by atoms with Crippen LogP contribution in [-0.4, -0.2) is 51.6 Å². The lowest BCUT2D eigenvalue weighted by molar-refractivity contribution is -0.384. The van der Waals surface area contributed by atoms with Gasteiger partial charge in [0, 0.05) is 24.5 Å². The van der Waals surface area contributed by atoms with Gasteiger partial charge in [0.05, 0.1) is 23.2 Å². The first-order valence-electron chi connectivity index (χ1n) is 11.9. The number of alkyl halides is 3. The quantitative estimate of drug-likeness (QED) is 0.0930. The molecule has 0 radical (unpaired) electrons. The zero-order valence-corrected chi connectivity index (χ0v) is 24.6. The number of nitrogens with zero attached hydrogens (tertiary/aromatic N) is 1. The predicted molar refractivity (Wildman–Crippen MR) is 156 cm³/mol. The number of amides is 1. The number of aliphatic hydroxyl groups is 1. The lowest BCUT2D eigenvalue weighted by Gasteiger charge is -2.19. The Hall–Kier alpha value is -2.82. The number of nitrogens with one attached hydrogen (secondary N) is 1. The largest absolute Gasteiger partial charge is 0.495 e. The Kier molecular flexibility index (Phi) is 13.2. The Labute approximate surface area is 251 Å². The SMILES string of the molecule is COc1ccc(C[C@@H](NC(=O)/C=C/C[C@H](O)[C@H](C)/C=C/c2ccc([N+](=O)[O-])cc2)C(=O)OCC(Cl)(Cl)Cl)cc1Cl. The molecule has 0 aromatic heterocycles. The van der Waals surface area contributed by atoms with Gasteiger partial charge in [-0.05, 0) is 47.9 Å². The van der Waals surface area contributed by atoms with E-state index in [4.69, 9.17) is 55.9 Å². The third kappa shape index (κ3) is 11.7. The maximum absolute atomic E-state index is 12.7. The molecule has 9 nitrogen and oxygen atoms in total. The van der Waals surface area contributed by atoms with Crippen LogP contribution in [0.15, 0.2) is 60.7 Å². The molecule has 3 atom stereocenters. The minimum Gasteiger partial charge on any atom is -0.495 e. The van der Waals surface area contributed by atoms with Crippen LogP contribution in [0.4, 0.5) is 5.69 Å². The highest BCUT2D eigenvalue weighted by Crippen LogP contribution is 2.27. The molecule has 2 rings (SSSR count). The Balaban J connectivity index is 1.99. The van der Waals surface area contributed by atoms with E-state index in [-0.39, 0.29) is 24.4 Å². The van der Waals surface area contributed by atoms with Gasteiger partial charge in [-0.25, -0.2) is 4.79 Å². The van der Waals surface area contributed by atoms with Gasteiger partial charge in [0.1, 0.15) is 18.4 Å². The van der Waals surface area contributed by atoms with Gasteiger partial charge >= 0.3 is 5.97 Å². The summed E-state index contributed by atoms with van der Waals surface area (Å²) in [5, 5.41) is 24.1. The molecule has 216 valence electrons. The van der Waals surface area contributed by atoms with Gasteiger partial charge < -0.3 is 19.9 Å². The maximum Gasteiger partial charge on any atom is 0.329 e. The van der Waals surface area contributed by atoms with E-state index in [9.17, 15) is 24.8 Å². The molecule has 0 bridgehead atoms. The molecule has 2 aromatic carbocycles. The smallest absolute Gasteiger partial charge is 0.329 e. The van der Waals surface area contributed by atoms with Crippen LogP contribution in [0.25, 0.3) is 6.08 Å². The molecule has 2 aromatic rings. The normalized spacial score (nSPS) is 14.1. The molecule has 1 amide bonds. The van der Waals surface area contributed by atoms with Gasteiger partial charge in [-0.3, -0.25) is 14.9 Å². The van der Waals surface area contributed by atoms with Crippen LogP contribution >= 0.6 is 46.4 Å². The predicted octanol–water partition coefficient (Wildman–Crippen LogP) is 5.85. The molecule has 0 heterocycles. The molecule has 40 heavy (non-hydrogen) atoms. The molecule has 0 aliphatic carbocycles. The first kappa shape index (κ1) is 33.4. The number of esters is 1. The number of nitro groups is 1. The highest BCUT2D eigenvalue weighted by Gasteiger charge is 2.27. The van der Waals surface area contributed by atoms with Crippen molar-refractivity contribution in [3.05, 3.63) is 87.0 Å². The van der Waals surface area contributed by atoms with Crippen molar-refractivity contribution >= 4 is 70.0 Å². The van der Waals surface area contributed by atoms with E-state index in [1.807, 2.05) is 0 Å². The third-order valence-corrected chi connectivity index (χ3v) is 6.21. The van der Waals surface area contributed by atoms with Crippen LogP contribution < -0.4 is 10.1 Å². The molecule has 0 saturated heterocycles. The number of halogens is 4. The summed E-state index contributed by atoms with van der Waals surface area (Å²) in [6.45, 7) is 1.27. The number of hydrogen-bond donors (Lipinski definition) is 2. The number of nitro benzene ring substituents is 1. The summed E-state index contributed by atoms with van der Waals surface area (Å²) in [4.78, 5) is 35.5. The summed E-state index contributed by atoms with van der Waals surface area (Å²) in [6, 6.07) is 9.78. The summed E-state index contributed by atoms with van der Waals surface area (Å²) in [6.07, 6.45) is 5.55. The molecule has 2 N–H and O–H groups in total. The van der Waals surface area contributed by atoms with Crippen LogP contribution in [0.2, 0.25) is 5.02 Å². The molecule has 0 aliphatic rings. The summed E-state index contributed by atoms with van der Waals surface area (Å²) in [7, 11) is 1.47. The number of benzene rings is 2. The van der Waals surface area contributed by atoms with Crippen molar-refractivity contribution in [2.45, 2.75) is 35.7 Å². The van der Waals surface area contributed by atoms with Gasteiger partial charge in [0.2, 0.25) is 9.70 Å². The second kappa shape index (κ2) is 15.8. The van der Waals surface area contributed by atoms with Crippen molar-refractivity contribution < 1.29 is 29.1 Å². The van der Waals surface area contributed by atoms with Gasteiger partial charge in [0.25, 0.3) is 5.69 Å². The van der Waals surface area contributed by atoms with Crippen LogP contribution in [0.5, 0.6) is 5.75 Å². The number of hydrogen-bond acceptors (Lipinski definition) is 7. The molecule has 0 saturated carbocycles. The van der Waals surface area contributed by atoms with Crippen LogP contribution in [0, 0.1) is 16.0 Å². The number of ether oxygens (including phenoxy) is 2. The van der Waals surface area contributed by atoms with Crippen LogP contribution in [-0.2, 0) is 20.7 Å². The van der Waals surface area contributed by atoms with Crippen molar-refractivity contribution in [2.24, 2.45) is 5.92 Å². The number of rotatable bonds is 13. The topological polar surface area (TPSA) is 128 Å². The Morgan fingerprint density at radius 3 is 2.42 bits per heavy atom. The molecule has 0 aliphatic heterocycles. The zero-order valence-electron chi connectivity index (χ0n) is 21.6. The summed E-state index contributed by atoms with van der Waals surface area (Å²) >= 11 is 23.2. The van der Waals surface area contributed by atoms with Crippen molar-refractivity contribution in [1.82, 2.24) is 5.32 Å². The van der Waals surface area contributed by atoms with E-state index in [1.54, 1.807) is 49.4 Å². The second-order valence-electron chi connectivity index (χ2n) is 8.73. The fourth-order valence-electron chi connectivity index (χ4n) is 3.37. The number of aliphatic hydroxyl groups excluding tert-OH is 1. The summed E-state index contributed by atoms with van der Waals surface area (Å²) in [5.74, 6) is -1.25. The highest BCUT2D eigenvalue weighted by molar-refractivity contribution is 6.67. The van der Waals surface area contributed by atoms with Gasteiger partial charge in [-0.1, -0.05) is 77.6 Å². The Morgan fingerprint density at radius 2 is 1.85 bits per heavy atom. The maximum atomic E-state index is 12.7. The van der Waals surface area contributed by atoms with E-state index in [0.29, 0.717) is 16.3 Å². The fraction of sp³-hybridized carbons (Fsp3) is 0.333. The lowest BCUT2D eigenvalue weighted by Crippen LogP contribution is -2.43. The average Bonchev–Trinajstić information content (AvgIpc) is 2.89. The molecule has 0 fully saturated rings. The minimum atomic E-state index is -1.83. The zero-order chi connectivity index (χ0) is 29.9. The standard InChI is InChI=1S/C27H28Cl4N2O7/c1-17(6-7-18-8-11-20(12-9-18)33(37)38)23(34)4-3-5-25(35)32-22(26(36)40-16-27(29,30)31)15-19-10-13-24(39-2)21(28)14-19/h3,5-14,17,22-23,34H,4,15-16H2,1-2H3,(H,32,35)/b5-3+,7-6+/t17-,22-,23+/m1/s1. The van der Waals surface area contributed by atoms with Crippen molar-refractivity contribution in [3.63, 3.8) is 0 Å².